The van der Waals surface area contributed by atoms with Crippen molar-refractivity contribution in [3.05, 3.63) is 29.8 Å². The van der Waals surface area contributed by atoms with Crippen LogP contribution >= 0.6 is 0 Å². The number of hydrogen-bond donors (Lipinski definition) is 2. The molecule has 1 aromatic rings. The smallest absolute Gasteiger partial charge is 0.387 e. The first-order chi connectivity index (χ1) is 11.0. The van der Waals surface area contributed by atoms with Gasteiger partial charge < -0.3 is 19.8 Å². The van der Waals surface area contributed by atoms with E-state index in [4.69, 9.17) is 0 Å². The lowest BCUT2D eigenvalue weighted by Crippen LogP contribution is -2.52. The monoisotopic (exact) mass is 329 g/mol. The SMILES string of the molecule is O=C(CCc1cccc(OC(F)F)c1)N1CCCC1(CO)CO. The number of amides is 1. The largest absolute Gasteiger partial charge is 0.435 e. The first-order valence-corrected chi connectivity index (χ1v) is 7.57. The molecular weight excluding hydrogens is 308 g/mol. The molecule has 7 heteroatoms. The molecule has 0 saturated carbocycles. The Hall–Kier alpha value is -1.73. The van der Waals surface area contributed by atoms with Gasteiger partial charge in [0, 0.05) is 13.0 Å². The van der Waals surface area contributed by atoms with Gasteiger partial charge in [-0.25, -0.2) is 0 Å². The minimum absolute atomic E-state index is 0.0613. The number of nitrogens with zero attached hydrogens (tertiary/aromatic N) is 1. The van der Waals surface area contributed by atoms with Crippen LogP contribution in [0.15, 0.2) is 24.3 Å². The van der Waals surface area contributed by atoms with Crippen LogP contribution < -0.4 is 4.74 Å². The Balaban J connectivity index is 1.96. The van der Waals surface area contributed by atoms with Gasteiger partial charge in [-0.1, -0.05) is 12.1 Å². The van der Waals surface area contributed by atoms with E-state index in [2.05, 4.69) is 4.74 Å². The van der Waals surface area contributed by atoms with E-state index < -0.39 is 12.2 Å². The van der Waals surface area contributed by atoms with Gasteiger partial charge in [0.1, 0.15) is 5.75 Å². The summed E-state index contributed by atoms with van der Waals surface area (Å²) in [4.78, 5) is 13.9. The van der Waals surface area contributed by atoms with E-state index in [9.17, 15) is 23.8 Å². The number of aliphatic hydroxyl groups excluding tert-OH is 2. The number of benzene rings is 1. The number of rotatable bonds is 7. The summed E-state index contributed by atoms with van der Waals surface area (Å²) in [5, 5.41) is 19.0. The van der Waals surface area contributed by atoms with Gasteiger partial charge in [-0.2, -0.15) is 8.78 Å². The Bertz CT molecular complexity index is 535. The van der Waals surface area contributed by atoms with Crippen LogP contribution in [-0.2, 0) is 11.2 Å². The van der Waals surface area contributed by atoms with Gasteiger partial charge in [0.25, 0.3) is 0 Å². The van der Waals surface area contributed by atoms with E-state index in [1.807, 2.05) is 0 Å². The summed E-state index contributed by atoms with van der Waals surface area (Å²) in [6.45, 7) is -2.92. The van der Waals surface area contributed by atoms with Gasteiger partial charge in [0.15, 0.2) is 0 Å². The summed E-state index contributed by atoms with van der Waals surface area (Å²) in [6.07, 6.45) is 1.87. The normalized spacial score (nSPS) is 16.8. The molecule has 1 fully saturated rings. The zero-order valence-electron chi connectivity index (χ0n) is 12.8. The Morgan fingerprint density at radius 2 is 2.09 bits per heavy atom. The molecule has 0 aromatic heterocycles. The molecule has 1 aliphatic rings. The maximum absolute atomic E-state index is 12.4. The lowest BCUT2D eigenvalue weighted by atomic mass is 9.98. The van der Waals surface area contributed by atoms with Crippen molar-refractivity contribution in [2.24, 2.45) is 0 Å². The second kappa shape index (κ2) is 7.70. The van der Waals surface area contributed by atoms with Gasteiger partial charge in [-0.3, -0.25) is 4.79 Å². The summed E-state index contributed by atoms with van der Waals surface area (Å²) >= 11 is 0. The predicted molar refractivity (Wildman–Crippen MR) is 79.2 cm³/mol. The molecule has 128 valence electrons. The van der Waals surface area contributed by atoms with E-state index in [1.54, 1.807) is 12.1 Å². The Morgan fingerprint density at radius 3 is 2.74 bits per heavy atom. The summed E-state index contributed by atoms with van der Waals surface area (Å²) in [7, 11) is 0. The highest BCUT2D eigenvalue weighted by Gasteiger charge is 2.42. The molecule has 1 saturated heterocycles. The zero-order valence-corrected chi connectivity index (χ0v) is 12.8. The van der Waals surface area contributed by atoms with E-state index in [0.29, 0.717) is 24.9 Å². The van der Waals surface area contributed by atoms with Gasteiger partial charge in [-0.05, 0) is 37.0 Å². The average molecular weight is 329 g/mol. The Kier molecular flexibility index (Phi) is 5.90. The molecule has 1 aromatic carbocycles. The number of ether oxygens (including phenoxy) is 1. The third-order valence-electron chi connectivity index (χ3n) is 4.24. The first-order valence-electron chi connectivity index (χ1n) is 7.57. The van der Waals surface area contributed by atoms with Crippen LogP contribution in [0, 0.1) is 0 Å². The van der Waals surface area contributed by atoms with Crippen LogP contribution in [0.2, 0.25) is 0 Å². The Morgan fingerprint density at radius 1 is 1.35 bits per heavy atom. The lowest BCUT2D eigenvalue weighted by molar-refractivity contribution is -0.138. The fourth-order valence-corrected chi connectivity index (χ4v) is 2.97. The van der Waals surface area contributed by atoms with Crippen molar-refractivity contribution in [3.63, 3.8) is 0 Å². The maximum Gasteiger partial charge on any atom is 0.387 e. The van der Waals surface area contributed by atoms with E-state index in [1.165, 1.54) is 17.0 Å². The van der Waals surface area contributed by atoms with Crippen LogP contribution in [0.1, 0.15) is 24.8 Å². The fraction of sp³-hybridized carbons (Fsp3) is 0.562. The molecule has 0 atom stereocenters. The minimum Gasteiger partial charge on any atom is -0.435 e. The molecule has 2 N–H and O–H groups in total. The maximum atomic E-state index is 12.4. The summed E-state index contributed by atoms with van der Waals surface area (Å²) in [6, 6.07) is 6.25. The van der Waals surface area contributed by atoms with Crippen molar-refractivity contribution in [2.75, 3.05) is 19.8 Å². The third-order valence-corrected chi connectivity index (χ3v) is 4.24. The van der Waals surface area contributed by atoms with Crippen LogP contribution in [0.3, 0.4) is 0 Å². The summed E-state index contributed by atoms with van der Waals surface area (Å²) in [5.41, 5.74) is -0.160. The second-order valence-electron chi connectivity index (χ2n) is 5.72. The zero-order chi connectivity index (χ0) is 16.9. The first kappa shape index (κ1) is 17.6. The van der Waals surface area contributed by atoms with Gasteiger partial charge in [0.05, 0.1) is 18.8 Å². The number of halogens is 2. The molecule has 2 rings (SSSR count). The highest BCUT2D eigenvalue weighted by Crippen LogP contribution is 2.29. The predicted octanol–water partition coefficient (Wildman–Crippen LogP) is 1.57. The van der Waals surface area contributed by atoms with Gasteiger partial charge in [-0.15, -0.1) is 0 Å². The van der Waals surface area contributed by atoms with Crippen molar-refractivity contribution in [2.45, 2.75) is 37.8 Å². The van der Waals surface area contributed by atoms with Crippen molar-refractivity contribution in [1.29, 1.82) is 0 Å². The quantitative estimate of drug-likeness (QED) is 0.797. The van der Waals surface area contributed by atoms with E-state index in [0.717, 1.165) is 6.42 Å². The molecule has 0 bridgehead atoms. The number of aliphatic hydroxyl groups is 2. The number of likely N-dealkylation sites (tertiary alicyclic amines) is 1. The number of carbonyl (C=O) groups excluding carboxylic acids is 1. The topological polar surface area (TPSA) is 70.0 Å². The second-order valence-corrected chi connectivity index (χ2v) is 5.72. The van der Waals surface area contributed by atoms with Crippen molar-refractivity contribution in [3.8, 4) is 5.75 Å². The number of hydrogen-bond acceptors (Lipinski definition) is 4. The molecule has 1 aliphatic heterocycles. The molecule has 1 amide bonds. The Labute approximate surface area is 133 Å². The average Bonchev–Trinajstić information content (AvgIpc) is 2.97. The van der Waals surface area contributed by atoms with Crippen molar-refractivity contribution < 1.29 is 28.5 Å². The van der Waals surface area contributed by atoms with Gasteiger partial charge in [0.2, 0.25) is 5.91 Å². The molecule has 1 heterocycles. The number of aryl methyl sites for hydroxylation is 1. The molecule has 0 spiro atoms. The van der Waals surface area contributed by atoms with Crippen LogP contribution in [0.4, 0.5) is 8.78 Å². The fourth-order valence-electron chi connectivity index (χ4n) is 2.97. The van der Waals surface area contributed by atoms with Crippen LogP contribution in [-0.4, -0.2) is 52.9 Å². The third kappa shape index (κ3) is 4.17. The van der Waals surface area contributed by atoms with Crippen LogP contribution in [0.5, 0.6) is 5.75 Å². The summed E-state index contributed by atoms with van der Waals surface area (Å²) in [5.74, 6) is -0.100. The molecule has 0 radical (unpaired) electrons. The molecular formula is C16H21F2NO4. The van der Waals surface area contributed by atoms with Gasteiger partial charge >= 0.3 is 6.61 Å². The van der Waals surface area contributed by atoms with Crippen molar-refractivity contribution >= 4 is 5.91 Å². The minimum atomic E-state index is -2.88. The number of carbonyl (C=O) groups is 1. The van der Waals surface area contributed by atoms with E-state index >= 15 is 0 Å². The van der Waals surface area contributed by atoms with Crippen molar-refractivity contribution in [1.82, 2.24) is 4.90 Å². The molecule has 5 nitrogen and oxygen atoms in total. The molecule has 0 aliphatic carbocycles. The highest BCUT2D eigenvalue weighted by atomic mass is 19.3. The van der Waals surface area contributed by atoms with Crippen LogP contribution in [0.25, 0.3) is 0 Å². The standard InChI is InChI=1S/C16H21F2NO4/c17-15(18)23-13-4-1-3-12(9-13)5-6-14(22)19-8-2-7-16(19,10-20)11-21/h1,3-4,9,15,20-21H,2,5-8,10-11H2. The molecule has 0 unspecified atom stereocenters. The highest BCUT2D eigenvalue weighted by molar-refractivity contribution is 5.77. The summed E-state index contributed by atoms with van der Waals surface area (Å²) < 4.78 is 28.7. The number of alkyl halides is 2. The lowest BCUT2D eigenvalue weighted by Gasteiger charge is -2.35. The molecule has 23 heavy (non-hydrogen) atoms. The van der Waals surface area contributed by atoms with E-state index in [-0.39, 0.29) is 31.3 Å².